The Morgan fingerprint density at radius 2 is 2.43 bits per heavy atom. The molecule has 0 atom stereocenters. The van der Waals surface area contributed by atoms with Gasteiger partial charge in [0.15, 0.2) is 0 Å². The molecule has 2 N–H and O–H groups in total. The third-order valence-electron chi connectivity index (χ3n) is 0.417. The van der Waals surface area contributed by atoms with Crippen LogP contribution < -0.4 is 5.73 Å². The predicted octanol–water partition coefficient (Wildman–Crippen LogP) is -0.209. The lowest BCUT2D eigenvalue weighted by atomic mass is 11.1. The van der Waals surface area contributed by atoms with E-state index in [0.717, 1.165) is 0 Å². The van der Waals surface area contributed by atoms with E-state index in [0.29, 0.717) is 0 Å². The van der Waals surface area contributed by atoms with Crippen LogP contribution in [-0.4, -0.2) is 10.1 Å². The van der Waals surface area contributed by atoms with Crippen LogP contribution in [0.2, 0.25) is 0 Å². The van der Waals surface area contributed by atoms with Crippen LogP contribution in [0.25, 0.3) is 0 Å². The lowest BCUT2D eigenvalue weighted by Gasteiger charge is -1.62. The van der Waals surface area contributed by atoms with Crippen molar-refractivity contribution >= 4 is 5.95 Å². The number of rotatable bonds is 0. The average molecular weight is 103 g/mol. The van der Waals surface area contributed by atoms with E-state index in [9.17, 15) is 4.39 Å². The van der Waals surface area contributed by atoms with Crippen LogP contribution in [0.4, 0.5) is 10.3 Å². The first-order valence-corrected chi connectivity index (χ1v) is 1.54. The Kier molecular flexibility index (Phi) is 0.680. The molecule has 0 aliphatic heterocycles. The van der Waals surface area contributed by atoms with Crippen LogP contribution in [0.1, 0.15) is 0 Å². The van der Waals surface area contributed by atoms with E-state index in [1.165, 1.54) is 0 Å². The van der Waals surface area contributed by atoms with E-state index in [1.54, 1.807) is 0 Å². The Balaban J connectivity index is 3.04. The summed E-state index contributed by atoms with van der Waals surface area (Å²) in [7, 11) is 0. The van der Waals surface area contributed by atoms with Gasteiger partial charge in [0.2, 0.25) is 0 Å². The molecule has 0 unspecified atom stereocenters. The van der Waals surface area contributed by atoms with Gasteiger partial charge in [0.1, 0.15) is 0 Å². The van der Waals surface area contributed by atoms with Crippen molar-refractivity contribution in [3.8, 4) is 0 Å². The number of hydrogen-bond donors (Lipinski definition) is 1. The second-order valence-electron chi connectivity index (χ2n) is 0.906. The van der Waals surface area contributed by atoms with Crippen molar-refractivity contribution in [3.05, 3.63) is 6.14 Å². The lowest BCUT2D eigenvalue weighted by molar-refractivity contribution is 0.269. The highest BCUT2D eigenvalue weighted by atomic mass is 19.1. The third kappa shape index (κ3) is 0.648. The summed E-state index contributed by atoms with van der Waals surface area (Å²) in [6, 6.07) is 0. The maximum absolute atomic E-state index is 11.5. The zero-order chi connectivity index (χ0) is 5.28. The van der Waals surface area contributed by atoms with Crippen molar-refractivity contribution in [1.29, 1.82) is 0 Å². The molecule has 1 aromatic rings. The molecule has 5 heteroatoms. The molecule has 0 aliphatic rings. The fraction of sp³-hybridized carbons (Fsp3) is 0. The highest BCUT2D eigenvalue weighted by Crippen LogP contribution is 1.91. The van der Waals surface area contributed by atoms with Crippen molar-refractivity contribution in [3.63, 3.8) is 0 Å². The summed E-state index contributed by atoms with van der Waals surface area (Å²) in [5.74, 6) is -0.183. The topological polar surface area (TPSA) is 64.9 Å². The Labute approximate surface area is 38.1 Å². The number of hydrogen-bond acceptors (Lipinski definition) is 4. The minimum Gasteiger partial charge on any atom is -0.365 e. The highest BCUT2D eigenvalue weighted by molar-refractivity contribution is 5.07. The van der Waals surface area contributed by atoms with Gasteiger partial charge in [-0.3, -0.25) is 0 Å². The largest absolute Gasteiger partial charge is 0.406 e. The molecule has 1 rings (SSSR count). The van der Waals surface area contributed by atoms with Crippen LogP contribution in [0, 0.1) is 6.14 Å². The van der Waals surface area contributed by atoms with E-state index in [-0.39, 0.29) is 5.95 Å². The zero-order valence-corrected chi connectivity index (χ0v) is 3.26. The predicted molar refractivity (Wildman–Crippen MR) is 18.7 cm³/mol. The second-order valence-corrected chi connectivity index (χ2v) is 0.906. The van der Waals surface area contributed by atoms with Crippen molar-refractivity contribution in [1.82, 2.24) is 10.1 Å². The fourth-order valence-corrected chi connectivity index (χ4v) is 0.215. The molecule has 0 bridgehead atoms. The molecule has 0 spiro atoms. The summed E-state index contributed by atoms with van der Waals surface area (Å²) in [6.07, 6.45) is -1.00. The first kappa shape index (κ1) is 4.04. The monoisotopic (exact) mass is 103 g/mol. The van der Waals surface area contributed by atoms with Gasteiger partial charge in [-0.1, -0.05) is 0 Å². The highest BCUT2D eigenvalue weighted by Gasteiger charge is 1.95. The SMILES string of the molecule is Nc1noc(F)n1. The minimum absolute atomic E-state index is 0.183. The summed E-state index contributed by atoms with van der Waals surface area (Å²) >= 11 is 0. The van der Waals surface area contributed by atoms with E-state index < -0.39 is 6.14 Å². The van der Waals surface area contributed by atoms with Crippen LogP contribution in [0.15, 0.2) is 4.52 Å². The molecular formula is C2H2FN3O. The summed E-state index contributed by atoms with van der Waals surface area (Å²) in [5, 5.41) is 2.93. The molecular weight excluding hydrogens is 101 g/mol. The molecule has 0 aliphatic carbocycles. The van der Waals surface area contributed by atoms with Gasteiger partial charge < -0.3 is 10.3 Å². The van der Waals surface area contributed by atoms with E-state index >= 15 is 0 Å². The summed E-state index contributed by atoms with van der Waals surface area (Å²) in [6.45, 7) is 0. The Morgan fingerprint density at radius 3 is 2.57 bits per heavy atom. The van der Waals surface area contributed by atoms with Crippen LogP contribution in [-0.2, 0) is 0 Å². The molecule has 4 nitrogen and oxygen atoms in total. The third-order valence-corrected chi connectivity index (χ3v) is 0.417. The van der Waals surface area contributed by atoms with E-state index in [4.69, 9.17) is 5.73 Å². The molecule has 0 aromatic carbocycles. The van der Waals surface area contributed by atoms with Crippen molar-refractivity contribution in [2.24, 2.45) is 0 Å². The standard InChI is InChI=1S/C2H2FN3O/c3-1-5-2(4)6-7-1/h(H2,4,6). The molecule has 0 radical (unpaired) electrons. The molecule has 0 saturated carbocycles. The molecule has 0 fully saturated rings. The molecule has 0 saturated heterocycles. The van der Waals surface area contributed by atoms with Crippen molar-refractivity contribution < 1.29 is 8.91 Å². The number of nitrogens with zero attached hydrogens (tertiary/aromatic N) is 2. The maximum Gasteiger partial charge on any atom is 0.406 e. The number of nitrogens with two attached hydrogens (primary N) is 1. The van der Waals surface area contributed by atoms with Crippen LogP contribution in [0.3, 0.4) is 0 Å². The van der Waals surface area contributed by atoms with Crippen molar-refractivity contribution in [2.75, 3.05) is 5.73 Å². The second kappa shape index (κ2) is 1.18. The molecule has 1 heterocycles. The molecule has 38 valence electrons. The number of nitrogen functional groups attached to an aromatic ring is 1. The van der Waals surface area contributed by atoms with Gasteiger partial charge in [-0.05, 0) is 5.16 Å². The number of aromatic nitrogens is 2. The Morgan fingerprint density at radius 1 is 1.71 bits per heavy atom. The van der Waals surface area contributed by atoms with Gasteiger partial charge in [-0.25, -0.2) is 0 Å². The van der Waals surface area contributed by atoms with E-state index in [2.05, 4.69) is 14.7 Å². The molecule has 7 heavy (non-hydrogen) atoms. The van der Waals surface area contributed by atoms with Crippen LogP contribution in [0.5, 0.6) is 0 Å². The summed E-state index contributed by atoms with van der Waals surface area (Å²) < 4.78 is 15.3. The van der Waals surface area contributed by atoms with Gasteiger partial charge in [0.25, 0.3) is 5.95 Å². The molecule has 1 aromatic heterocycles. The van der Waals surface area contributed by atoms with E-state index in [1.807, 2.05) is 0 Å². The van der Waals surface area contributed by atoms with Gasteiger partial charge >= 0.3 is 6.14 Å². The Hall–Kier alpha value is -1.13. The average Bonchev–Trinajstić information content (AvgIpc) is 1.87. The minimum atomic E-state index is -1.00. The van der Waals surface area contributed by atoms with Gasteiger partial charge in [-0.15, -0.1) is 9.37 Å². The number of anilines is 1. The van der Waals surface area contributed by atoms with Crippen molar-refractivity contribution in [2.45, 2.75) is 0 Å². The van der Waals surface area contributed by atoms with Gasteiger partial charge in [0.05, 0.1) is 0 Å². The fourth-order valence-electron chi connectivity index (χ4n) is 0.215. The van der Waals surface area contributed by atoms with Crippen LogP contribution >= 0.6 is 0 Å². The van der Waals surface area contributed by atoms with Gasteiger partial charge in [-0.2, -0.15) is 0 Å². The lowest BCUT2D eigenvalue weighted by Crippen LogP contribution is -1.84. The normalized spacial score (nSPS) is 9.29. The summed E-state index contributed by atoms with van der Waals surface area (Å²) in [5.41, 5.74) is 4.82. The zero-order valence-electron chi connectivity index (χ0n) is 3.26. The summed E-state index contributed by atoms with van der Waals surface area (Å²) in [4.78, 5) is 2.94. The van der Waals surface area contributed by atoms with Gasteiger partial charge in [0, 0.05) is 0 Å². The smallest absolute Gasteiger partial charge is 0.365 e. The first-order chi connectivity index (χ1) is 3.29. The first-order valence-electron chi connectivity index (χ1n) is 1.54. The molecule has 0 amide bonds. The number of halogens is 1. The Bertz CT molecular complexity index is 145. The quantitative estimate of drug-likeness (QED) is 0.493. The maximum atomic E-state index is 11.5.